The number of carbonyl (C=O) groups is 1. The van der Waals surface area contributed by atoms with E-state index in [9.17, 15) is 4.79 Å². The molecule has 6 heteroatoms. The molecule has 1 amide bonds. The van der Waals surface area contributed by atoms with Gasteiger partial charge in [0, 0.05) is 24.8 Å². The number of nitrogens with one attached hydrogen (secondary N) is 1. The van der Waals surface area contributed by atoms with Crippen molar-refractivity contribution in [3.05, 3.63) is 11.9 Å². The first-order chi connectivity index (χ1) is 8.78. The quantitative estimate of drug-likeness (QED) is 0.874. The molecule has 0 bridgehead atoms. The molecule has 2 heterocycles. The van der Waals surface area contributed by atoms with Crippen LogP contribution < -0.4 is 10.1 Å². The molecule has 1 saturated carbocycles. The first-order valence-corrected chi connectivity index (χ1v) is 6.30. The number of methoxy groups -OCH3 is 1. The highest BCUT2D eigenvalue weighted by atomic mass is 16.5. The van der Waals surface area contributed by atoms with Gasteiger partial charge < -0.3 is 14.8 Å². The molecule has 1 atom stereocenters. The van der Waals surface area contributed by atoms with Crippen LogP contribution in [0.2, 0.25) is 0 Å². The average Bonchev–Trinajstić information content (AvgIpc) is 2.90. The minimum atomic E-state index is -0.160. The van der Waals surface area contributed by atoms with Gasteiger partial charge in [-0.3, -0.25) is 0 Å². The number of carbonyl (C=O) groups excluding carboxylic acids is 1. The van der Waals surface area contributed by atoms with Crippen LogP contribution in [0.3, 0.4) is 0 Å². The molecule has 1 saturated heterocycles. The highest BCUT2D eigenvalue weighted by molar-refractivity contribution is 5.78. The zero-order valence-corrected chi connectivity index (χ0v) is 10.4. The lowest BCUT2D eigenvalue weighted by molar-refractivity contribution is 0.193. The highest BCUT2D eigenvalue weighted by Gasteiger charge is 2.27. The van der Waals surface area contributed by atoms with Gasteiger partial charge in [-0.1, -0.05) is 0 Å². The van der Waals surface area contributed by atoms with Crippen LogP contribution in [-0.4, -0.2) is 41.9 Å². The smallest absolute Gasteiger partial charge is 0.329 e. The van der Waals surface area contributed by atoms with Gasteiger partial charge in [-0.15, -0.1) is 0 Å². The number of imidazole rings is 1. The maximum Gasteiger partial charge on any atom is 0.329 e. The van der Waals surface area contributed by atoms with Crippen molar-refractivity contribution in [2.24, 2.45) is 0 Å². The molecule has 18 heavy (non-hydrogen) atoms. The fourth-order valence-corrected chi connectivity index (χ4v) is 2.11. The number of aromatic nitrogens is 2. The van der Waals surface area contributed by atoms with E-state index in [2.05, 4.69) is 10.3 Å². The van der Waals surface area contributed by atoms with Gasteiger partial charge >= 0.3 is 12.0 Å². The molecule has 0 aromatic carbocycles. The summed E-state index contributed by atoms with van der Waals surface area (Å²) in [4.78, 5) is 16.4. The summed E-state index contributed by atoms with van der Waals surface area (Å²) in [5.41, 5.74) is 0.871. The molecule has 0 spiro atoms. The van der Waals surface area contributed by atoms with Gasteiger partial charge in [0.2, 0.25) is 0 Å². The summed E-state index contributed by atoms with van der Waals surface area (Å²) in [7, 11) is 1.53. The average molecular weight is 251 g/mol. The molecule has 1 unspecified atom stereocenters. The van der Waals surface area contributed by atoms with E-state index in [4.69, 9.17) is 9.47 Å². The van der Waals surface area contributed by atoms with Crippen molar-refractivity contribution in [3.63, 3.8) is 0 Å². The van der Waals surface area contributed by atoms with E-state index in [0.29, 0.717) is 18.7 Å². The lowest BCUT2D eigenvalue weighted by Gasteiger charge is -2.05. The molecule has 2 aliphatic rings. The van der Waals surface area contributed by atoms with Crippen LogP contribution >= 0.6 is 0 Å². The summed E-state index contributed by atoms with van der Waals surface area (Å²) >= 11 is 0. The molecule has 1 aliphatic carbocycles. The number of hydrogen-bond donors (Lipinski definition) is 1. The number of ether oxygens (including phenoxy) is 2. The second-order valence-electron chi connectivity index (χ2n) is 4.81. The Morgan fingerprint density at radius 1 is 1.56 bits per heavy atom. The fraction of sp³-hybridized carbons (Fsp3) is 0.667. The second-order valence-corrected chi connectivity index (χ2v) is 4.81. The van der Waals surface area contributed by atoms with Crippen LogP contribution in [0.15, 0.2) is 6.20 Å². The van der Waals surface area contributed by atoms with Gasteiger partial charge in [-0.2, -0.15) is 4.98 Å². The summed E-state index contributed by atoms with van der Waals surface area (Å²) in [6, 6.07) is 0.505. The molecular weight excluding hydrogens is 234 g/mol. The Hall–Kier alpha value is -1.56. The van der Waals surface area contributed by atoms with Crippen LogP contribution in [0.5, 0.6) is 6.01 Å². The molecule has 2 fully saturated rings. The summed E-state index contributed by atoms with van der Waals surface area (Å²) in [5, 5.41) is 2.92. The number of rotatable bonds is 3. The predicted octanol–water partition coefficient (Wildman–Crippen LogP) is 1.12. The molecule has 1 aliphatic heterocycles. The van der Waals surface area contributed by atoms with E-state index in [1.807, 2.05) is 0 Å². The monoisotopic (exact) mass is 251 g/mol. The van der Waals surface area contributed by atoms with Gasteiger partial charge in [0.05, 0.1) is 19.4 Å². The van der Waals surface area contributed by atoms with Crippen molar-refractivity contribution >= 4 is 6.03 Å². The molecule has 1 N–H and O–H groups in total. The number of nitrogens with zero attached hydrogens (tertiary/aromatic N) is 2. The third kappa shape index (κ3) is 2.20. The Balaban J connectivity index is 1.80. The Morgan fingerprint density at radius 2 is 2.39 bits per heavy atom. The zero-order chi connectivity index (χ0) is 12.5. The zero-order valence-electron chi connectivity index (χ0n) is 10.4. The summed E-state index contributed by atoms with van der Waals surface area (Å²) in [5.74, 6) is 0.272. The number of amides is 1. The van der Waals surface area contributed by atoms with E-state index < -0.39 is 0 Å². The first-order valence-electron chi connectivity index (χ1n) is 6.30. The summed E-state index contributed by atoms with van der Waals surface area (Å²) in [6.45, 7) is 1.43. The van der Waals surface area contributed by atoms with E-state index in [-0.39, 0.29) is 11.9 Å². The van der Waals surface area contributed by atoms with Crippen molar-refractivity contribution in [1.29, 1.82) is 0 Å². The molecule has 1 aromatic heterocycles. The van der Waals surface area contributed by atoms with Crippen molar-refractivity contribution in [2.75, 3.05) is 20.3 Å². The SMILES string of the molecule is COc1nc(C2CCOC2)cn1C(=O)NC1CC1. The third-order valence-corrected chi connectivity index (χ3v) is 3.35. The van der Waals surface area contributed by atoms with Crippen LogP contribution in [0.4, 0.5) is 4.79 Å². The lowest BCUT2D eigenvalue weighted by Crippen LogP contribution is -2.30. The molecule has 98 valence electrons. The van der Waals surface area contributed by atoms with Crippen LogP contribution in [-0.2, 0) is 4.74 Å². The Morgan fingerprint density at radius 3 is 3.00 bits per heavy atom. The van der Waals surface area contributed by atoms with Crippen molar-refractivity contribution in [3.8, 4) is 6.01 Å². The standard InChI is InChI=1S/C12H17N3O3/c1-17-12-14-10(8-4-5-18-7-8)6-15(12)11(16)13-9-2-3-9/h6,8-9H,2-5,7H2,1H3,(H,13,16). The van der Waals surface area contributed by atoms with Gasteiger partial charge in [0.15, 0.2) is 0 Å². The highest BCUT2D eigenvalue weighted by Crippen LogP contribution is 2.26. The minimum absolute atomic E-state index is 0.160. The van der Waals surface area contributed by atoms with Gasteiger partial charge in [0.25, 0.3) is 0 Å². The van der Waals surface area contributed by atoms with Crippen LogP contribution in [0.1, 0.15) is 30.9 Å². The van der Waals surface area contributed by atoms with E-state index in [1.54, 1.807) is 6.20 Å². The summed E-state index contributed by atoms with van der Waals surface area (Å²) in [6.07, 6.45) is 4.83. The Kier molecular flexibility index (Phi) is 2.95. The maximum atomic E-state index is 12.0. The van der Waals surface area contributed by atoms with Gasteiger partial charge in [-0.25, -0.2) is 9.36 Å². The molecule has 1 aromatic rings. The lowest BCUT2D eigenvalue weighted by atomic mass is 10.1. The number of hydrogen-bond acceptors (Lipinski definition) is 4. The van der Waals surface area contributed by atoms with Crippen molar-refractivity contribution < 1.29 is 14.3 Å². The van der Waals surface area contributed by atoms with E-state index in [1.165, 1.54) is 11.7 Å². The Bertz CT molecular complexity index is 447. The van der Waals surface area contributed by atoms with Crippen LogP contribution in [0, 0.1) is 0 Å². The van der Waals surface area contributed by atoms with Crippen molar-refractivity contribution in [2.45, 2.75) is 31.2 Å². The first kappa shape index (κ1) is 11.5. The third-order valence-electron chi connectivity index (χ3n) is 3.35. The topological polar surface area (TPSA) is 65.4 Å². The van der Waals surface area contributed by atoms with Crippen LogP contribution in [0.25, 0.3) is 0 Å². The molecule has 6 nitrogen and oxygen atoms in total. The normalized spacial score (nSPS) is 23.1. The van der Waals surface area contributed by atoms with E-state index in [0.717, 1.165) is 31.6 Å². The van der Waals surface area contributed by atoms with Crippen molar-refractivity contribution in [1.82, 2.24) is 14.9 Å². The predicted molar refractivity (Wildman–Crippen MR) is 63.9 cm³/mol. The largest absolute Gasteiger partial charge is 0.468 e. The fourth-order valence-electron chi connectivity index (χ4n) is 2.11. The molecule has 0 radical (unpaired) electrons. The summed E-state index contributed by atoms with van der Waals surface area (Å²) < 4.78 is 11.9. The minimum Gasteiger partial charge on any atom is -0.468 e. The molecule has 3 rings (SSSR count). The van der Waals surface area contributed by atoms with E-state index >= 15 is 0 Å². The van der Waals surface area contributed by atoms with Gasteiger partial charge in [-0.05, 0) is 19.3 Å². The molecular formula is C12H17N3O3. The van der Waals surface area contributed by atoms with Gasteiger partial charge in [0.1, 0.15) is 0 Å². The second kappa shape index (κ2) is 4.61. The maximum absolute atomic E-state index is 12.0. The Labute approximate surface area is 105 Å².